The van der Waals surface area contributed by atoms with Gasteiger partial charge in [-0.15, -0.1) is 11.3 Å². The van der Waals surface area contributed by atoms with Gasteiger partial charge < -0.3 is 10.4 Å². The summed E-state index contributed by atoms with van der Waals surface area (Å²) in [5, 5.41) is 23.2. The molecule has 2 aromatic heterocycles. The summed E-state index contributed by atoms with van der Waals surface area (Å²) in [6, 6.07) is 7.55. The van der Waals surface area contributed by atoms with E-state index >= 15 is 0 Å². The minimum Gasteiger partial charge on any atom is -0.395 e. The second-order valence-corrected chi connectivity index (χ2v) is 5.85. The van der Waals surface area contributed by atoms with Crippen molar-refractivity contribution in [2.45, 2.75) is 13.0 Å². The molecule has 0 atom stereocenters. The molecule has 0 bridgehead atoms. The van der Waals surface area contributed by atoms with Crippen LogP contribution in [0, 0.1) is 11.3 Å². The second kappa shape index (κ2) is 9.00. The van der Waals surface area contributed by atoms with E-state index < -0.39 is 0 Å². The maximum atomic E-state index is 12.0. The number of aliphatic hydroxyl groups excluding tert-OH is 1. The van der Waals surface area contributed by atoms with Crippen molar-refractivity contribution in [1.82, 2.24) is 9.88 Å². The van der Waals surface area contributed by atoms with E-state index in [1.54, 1.807) is 23.8 Å². The summed E-state index contributed by atoms with van der Waals surface area (Å²) in [6.45, 7) is 1.68. The number of anilines is 1. The van der Waals surface area contributed by atoms with Gasteiger partial charge >= 0.3 is 0 Å². The predicted octanol–water partition coefficient (Wildman–Crippen LogP) is 1.84. The Balaban J connectivity index is 1.86. The van der Waals surface area contributed by atoms with E-state index in [0.717, 1.165) is 5.56 Å². The van der Waals surface area contributed by atoms with Gasteiger partial charge in [0.05, 0.1) is 12.2 Å². The van der Waals surface area contributed by atoms with Crippen molar-refractivity contribution in [3.05, 3.63) is 47.1 Å². The zero-order valence-corrected chi connectivity index (χ0v) is 13.4. The third kappa shape index (κ3) is 5.45. The van der Waals surface area contributed by atoms with Gasteiger partial charge in [0.1, 0.15) is 11.1 Å². The van der Waals surface area contributed by atoms with Crippen LogP contribution < -0.4 is 5.32 Å². The lowest BCUT2D eigenvalue weighted by atomic mass is 10.2. The highest BCUT2D eigenvalue weighted by Crippen LogP contribution is 2.22. The molecule has 0 aromatic carbocycles. The van der Waals surface area contributed by atoms with Gasteiger partial charge in [-0.1, -0.05) is 6.07 Å². The smallest absolute Gasteiger partial charge is 0.226 e. The topological polar surface area (TPSA) is 89.2 Å². The molecule has 0 saturated carbocycles. The van der Waals surface area contributed by atoms with Crippen LogP contribution in [0.25, 0.3) is 0 Å². The van der Waals surface area contributed by atoms with Crippen molar-refractivity contribution in [2.75, 3.05) is 25.0 Å². The number of nitrogens with zero attached hydrogens (tertiary/aromatic N) is 3. The van der Waals surface area contributed by atoms with E-state index in [4.69, 9.17) is 10.4 Å². The number of hydrogen-bond acceptors (Lipinski definition) is 6. The van der Waals surface area contributed by atoms with Gasteiger partial charge in [0.2, 0.25) is 5.91 Å². The molecule has 23 heavy (non-hydrogen) atoms. The Labute approximate surface area is 139 Å². The maximum absolute atomic E-state index is 12.0. The van der Waals surface area contributed by atoms with Crippen LogP contribution in [0.2, 0.25) is 0 Å². The van der Waals surface area contributed by atoms with Crippen LogP contribution in [0.4, 0.5) is 5.00 Å². The Hall–Kier alpha value is -2.27. The van der Waals surface area contributed by atoms with E-state index in [0.29, 0.717) is 36.6 Å². The number of aliphatic hydroxyl groups is 1. The summed E-state index contributed by atoms with van der Waals surface area (Å²) in [5.41, 5.74) is 1.51. The molecule has 6 nitrogen and oxygen atoms in total. The van der Waals surface area contributed by atoms with Crippen molar-refractivity contribution < 1.29 is 9.90 Å². The standard InChI is InChI=1S/C16H18N4O2S/c17-10-14-4-9-23-16(14)19-15(22)3-6-20(7-8-21)12-13-2-1-5-18-11-13/h1-2,4-5,9,11,21H,3,6-8,12H2,(H,19,22). The van der Waals surface area contributed by atoms with Crippen molar-refractivity contribution in [3.63, 3.8) is 0 Å². The second-order valence-electron chi connectivity index (χ2n) is 4.93. The number of nitriles is 1. The van der Waals surface area contributed by atoms with Gasteiger partial charge in [0, 0.05) is 38.4 Å². The van der Waals surface area contributed by atoms with Crippen LogP contribution in [0.5, 0.6) is 0 Å². The number of aromatic nitrogens is 1. The summed E-state index contributed by atoms with van der Waals surface area (Å²) in [6.07, 6.45) is 3.78. The van der Waals surface area contributed by atoms with Crippen LogP contribution in [0.1, 0.15) is 17.5 Å². The molecule has 0 fully saturated rings. The minimum atomic E-state index is -0.141. The van der Waals surface area contributed by atoms with Crippen LogP contribution in [-0.2, 0) is 11.3 Å². The number of pyridine rings is 1. The molecular weight excluding hydrogens is 312 g/mol. The van der Waals surface area contributed by atoms with Gasteiger partial charge in [-0.2, -0.15) is 5.26 Å². The average Bonchev–Trinajstić information content (AvgIpc) is 3.01. The van der Waals surface area contributed by atoms with E-state index in [9.17, 15) is 4.79 Å². The lowest BCUT2D eigenvalue weighted by Gasteiger charge is -2.20. The first-order valence-electron chi connectivity index (χ1n) is 7.22. The fourth-order valence-electron chi connectivity index (χ4n) is 2.10. The largest absolute Gasteiger partial charge is 0.395 e. The average molecular weight is 330 g/mol. The molecule has 0 aliphatic carbocycles. The number of thiophene rings is 1. The molecule has 0 spiro atoms. The molecule has 0 saturated heterocycles. The Morgan fingerprint density at radius 3 is 3.00 bits per heavy atom. The zero-order valence-electron chi connectivity index (χ0n) is 12.6. The predicted molar refractivity (Wildman–Crippen MR) is 88.9 cm³/mol. The number of nitrogens with one attached hydrogen (secondary N) is 1. The highest BCUT2D eigenvalue weighted by atomic mass is 32.1. The molecular formula is C16H18N4O2S. The summed E-state index contributed by atoms with van der Waals surface area (Å²) < 4.78 is 0. The SMILES string of the molecule is N#Cc1ccsc1NC(=O)CCN(CCO)Cc1cccnc1. The van der Waals surface area contributed by atoms with Crippen molar-refractivity contribution in [2.24, 2.45) is 0 Å². The van der Waals surface area contributed by atoms with E-state index in [-0.39, 0.29) is 12.5 Å². The Morgan fingerprint density at radius 2 is 2.30 bits per heavy atom. The van der Waals surface area contributed by atoms with E-state index in [1.165, 1.54) is 11.3 Å². The first kappa shape index (κ1) is 17.1. The highest BCUT2D eigenvalue weighted by Gasteiger charge is 2.11. The van der Waals surface area contributed by atoms with Crippen LogP contribution in [0.15, 0.2) is 36.0 Å². The van der Waals surface area contributed by atoms with Gasteiger partial charge in [-0.3, -0.25) is 14.7 Å². The minimum absolute atomic E-state index is 0.0331. The summed E-state index contributed by atoms with van der Waals surface area (Å²) >= 11 is 1.33. The van der Waals surface area contributed by atoms with Gasteiger partial charge in [0.15, 0.2) is 0 Å². The normalized spacial score (nSPS) is 10.5. The molecule has 2 N–H and O–H groups in total. The van der Waals surface area contributed by atoms with Crippen LogP contribution in [0.3, 0.4) is 0 Å². The van der Waals surface area contributed by atoms with Gasteiger partial charge in [-0.05, 0) is 23.1 Å². The van der Waals surface area contributed by atoms with Crippen molar-refractivity contribution >= 4 is 22.2 Å². The third-order valence-electron chi connectivity index (χ3n) is 3.24. The summed E-state index contributed by atoms with van der Waals surface area (Å²) in [7, 11) is 0. The Bertz CT molecular complexity index is 666. The van der Waals surface area contributed by atoms with Gasteiger partial charge in [0.25, 0.3) is 0 Å². The fourth-order valence-corrected chi connectivity index (χ4v) is 2.86. The molecule has 2 heterocycles. The number of carbonyl (C=O) groups excluding carboxylic acids is 1. The molecule has 0 aliphatic heterocycles. The first-order chi connectivity index (χ1) is 11.2. The van der Waals surface area contributed by atoms with Crippen molar-refractivity contribution in [1.29, 1.82) is 5.26 Å². The van der Waals surface area contributed by atoms with Gasteiger partial charge in [-0.25, -0.2) is 0 Å². The molecule has 120 valence electrons. The zero-order chi connectivity index (χ0) is 16.5. The molecule has 0 radical (unpaired) electrons. The summed E-state index contributed by atoms with van der Waals surface area (Å²) in [4.78, 5) is 18.1. The molecule has 0 unspecified atom stereocenters. The van der Waals surface area contributed by atoms with E-state index in [1.807, 2.05) is 23.1 Å². The Kier molecular flexibility index (Phi) is 6.69. The molecule has 7 heteroatoms. The van der Waals surface area contributed by atoms with E-state index in [2.05, 4.69) is 10.3 Å². The number of rotatable bonds is 8. The highest BCUT2D eigenvalue weighted by molar-refractivity contribution is 7.14. The quantitative estimate of drug-likeness (QED) is 0.771. The third-order valence-corrected chi connectivity index (χ3v) is 4.07. The fraction of sp³-hybridized carbons (Fsp3) is 0.312. The number of hydrogen-bond donors (Lipinski definition) is 2. The van der Waals surface area contributed by atoms with Crippen LogP contribution >= 0.6 is 11.3 Å². The van der Waals surface area contributed by atoms with Crippen LogP contribution in [-0.4, -0.2) is 40.6 Å². The molecule has 0 aliphatic rings. The first-order valence-corrected chi connectivity index (χ1v) is 8.10. The van der Waals surface area contributed by atoms with Crippen molar-refractivity contribution in [3.8, 4) is 6.07 Å². The Morgan fingerprint density at radius 1 is 1.43 bits per heavy atom. The number of carbonyl (C=O) groups is 1. The lowest BCUT2D eigenvalue weighted by Crippen LogP contribution is -2.30. The summed E-state index contributed by atoms with van der Waals surface area (Å²) in [5.74, 6) is -0.141. The lowest BCUT2D eigenvalue weighted by molar-refractivity contribution is -0.116. The molecule has 2 rings (SSSR count). The molecule has 1 amide bonds. The maximum Gasteiger partial charge on any atom is 0.226 e. The molecule has 2 aromatic rings. The number of amides is 1. The monoisotopic (exact) mass is 330 g/mol.